The van der Waals surface area contributed by atoms with E-state index in [-0.39, 0.29) is 5.91 Å². The number of hydrazone groups is 1. The maximum atomic E-state index is 10.8. The molecule has 0 atom stereocenters. The quantitative estimate of drug-likeness (QED) is 0.527. The highest BCUT2D eigenvalue weighted by Crippen LogP contribution is 2.21. The van der Waals surface area contributed by atoms with Gasteiger partial charge in [-0.25, -0.2) is 5.43 Å². The smallest absolute Gasteiger partial charge is 0.239 e. The Morgan fingerprint density at radius 3 is 2.77 bits per heavy atom. The van der Waals surface area contributed by atoms with Gasteiger partial charge >= 0.3 is 0 Å². The van der Waals surface area contributed by atoms with Crippen molar-refractivity contribution in [2.75, 3.05) is 0 Å². The highest BCUT2D eigenvalue weighted by molar-refractivity contribution is 5.76. The lowest BCUT2D eigenvalue weighted by Crippen LogP contribution is -2.17. The van der Waals surface area contributed by atoms with Gasteiger partial charge in [-0.2, -0.15) is 5.10 Å². The minimum Gasteiger partial charge on any atom is -0.273 e. The van der Waals surface area contributed by atoms with Crippen LogP contribution in [-0.4, -0.2) is 12.1 Å². The SMILES string of the molecule is CCC(=O)N/N=C/C1CCCCC1. The first-order valence-electron chi connectivity index (χ1n) is 5.15. The number of rotatable bonds is 3. The summed E-state index contributed by atoms with van der Waals surface area (Å²) in [6.07, 6.45) is 8.81. The van der Waals surface area contributed by atoms with Gasteiger partial charge < -0.3 is 0 Å². The van der Waals surface area contributed by atoms with Crippen molar-refractivity contribution in [2.45, 2.75) is 45.4 Å². The van der Waals surface area contributed by atoms with E-state index in [0.717, 1.165) is 0 Å². The van der Waals surface area contributed by atoms with Gasteiger partial charge in [0.25, 0.3) is 0 Å². The summed E-state index contributed by atoms with van der Waals surface area (Å²) in [5.74, 6) is 0.581. The standard InChI is InChI=1S/C10H18N2O/c1-2-10(13)12-11-8-9-6-4-3-5-7-9/h8-9H,2-7H2,1H3,(H,12,13)/b11-8+. The van der Waals surface area contributed by atoms with E-state index in [2.05, 4.69) is 10.5 Å². The van der Waals surface area contributed by atoms with Crippen LogP contribution in [0.25, 0.3) is 0 Å². The molecule has 0 aliphatic heterocycles. The molecule has 0 spiro atoms. The molecule has 0 unspecified atom stereocenters. The summed E-state index contributed by atoms with van der Waals surface area (Å²) in [5, 5.41) is 3.94. The number of carbonyl (C=O) groups excluding carboxylic acids is 1. The van der Waals surface area contributed by atoms with E-state index in [0.29, 0.717) is 12.3 Å². The normalized spacial score (nSPS) is 19.2. The van der Waals surface area contributed by atoms with Gasteiger partial charge in [0, 0.05) is 12.6 Å². The highest BCUT2D eigenvalue weighted by Gasteiger charge is 2.10. The molecule has 1 N–H and O–H groups in total. The van der Waals surface area contributed by atoms with Crippen LogP contribution in [0.3, 0.4) is 0 Å². The van der Waals surface area contributed by atoms with Crippen LogP contribution in [0.5, 0.6) is 0 Å². The third-order valence-corrected chi connectivity index (χ3v) is 2.45. The summed E-state index contributed by atoms with van der Waals surface area (Å²) < 4.78 is 0. The van der Waals surface area contributed by atoms with Crippen LogP contribution in [0, 0.1) is 5.92 Å². The van der Waals surface area contributed by atoms with Crippen molar-refractivity contribution < 1.29 is 4.79 Å². The molecular formula is C10H18N2O. The van der Waals surface area contributed by atoms with Crippen molar-refractivity contribution >= 4 is 12.1 Å². The topological polar surface area (TPSA) is 41.5 Å². The van der Waals surface area contributed by atoms with Crippen LogP contribution in [0.4, 0.5) is 0 Å². The van der Waals surface area contributed by atoms with Crippen LogP contribution < -0.4 is 5.43 Å². The van der Waals surface area contributed by atoms with Gasteiger partial charge in [-0.1, -0.05) is 26.2 Å². The van der Waals surface area contributed by atoms with Crippen molar-refractivity contribution in [1.29, 1.82) is 0 Å². The number of carbonyl (C=O) groups is 1. The summed E-state index contributed by atoms with van der Waals surface area (Å²) >= 11 is 0. The van der Waals surface area contributed by atoms with Gasteiger partial charge in [0.15, 0.2) is 0 Å². The molecule has 3 heteroatoms. The van der Waals surface area contributed by atoms with Gasteiger partial charge in [-0.3, -0.25) is 4.79 Å². The van der Waals surface area contributed by atoms with Gasteiger partial charge in [-0.05, 0) is 18.8 Å². The molecule has 1 fully saturated rings. The maximum Gasteiger partial charge on any atom is 0.239 e. The van der Waals surface area contributed by atoms with E-state index in [1.807, 2.05) is 13.1 Å². The lowest BCUT2D eigenvalue weighted by Gasteiger charge is -2.16. The molecule has 0 saturated heterocycles. The molecule has 1 aliphatic carbocycles. The van der Waals surface area contributed by atoms with E-state index in [1.54, 1.807) is 0 Å². The van der Waals surface area contributed by atoms with Crippen LogP contribution in [-0.2, 0) is 4.79 Å². The summed E-state index contributed by atoms with van der Waals surface area (Å²) in [4.78, 5) is 10.8. The molecule has 0 aromatic heterocycles. The molecule has 0 radical (unpaired) electrons. The van der Waals surface area contributed by atoms with E-state index in [1.165, 1.54) is 32.1 Å². The van der Waals surface area contributed by atoms with Gasteiger partial charge in [0.2, 0.25) is 5.91 Å². The average Bonchev–Trinajstić information content (AvgIpc) is 2.19. The first-order chi connectivity index (χ1) is 6.33. The number of hydrogen-bond donors (Lipinski definition) is 1. The third-order valence-electron chi connectivity index (χ3n) is 2.45. The Kier molecular flexibility index (Phi) is 4.50. The minimum absolute atomic E-state index is 0.00735. The Bertz CT molecular complexity index is 183. The monoisotopic (exact) mass is 182 g/mol. The number of nitrogens with one attached hydrogen (secondary N) is 1. The van der Waals surface area contributed by atoms with Gasteiger partial charge in [-0.15, -0.1) is 0 Å². The van der Waals surface area contributed by atoms with E-state index in [9.17, 15) is 4.79 Å². The molecule has 0 heterocycles. The zero-order valence-electron chi connectivity index (χ0n) is 8.25. The van der Waals surface area contributed by atoms with E-state index < -0.39 is 0 Å². The number of hydrogen-bond acceptors (Lipinski definition) is 2. The predicted molar refractivity (Wildman–Crippen MR) is 53.5 cm³/mol. The molecule has 13 heavy (non-hydrogen) atoms. The first-order valence-corrected chi connectivity index (χ1v) is 5.15. The summed E-state index contributed by atoms with van der Waals surface area (Å²) in [6.45, 7) is 1.82. The van der Waals surface area contributed by atoms with Crippen molar-refractivity contribution in [3.05, 3.63) is 0 Å². The van der Waals surface area contributed by atoms with E-state index in [4.69, 9.17) is 0 Å². The van der Waals surface area contributed by atoms with Crippen molar-refractivity contribution in [3.8, 4) is 0 Å². The first kappa shape index (κ1) is 10.2. The number of amides is 1. The maximum absolute atomic E-state index is 10.8. The molecule has 1 saturated carbocycles. The molecule has 1 aliphatic rings. The molecule has 0 bridgehead atoms. The molecule has 0 aromatic carbocycles. The fourth-order valence-corrected chi connectivity index (χ4v) is 1.58. The lowest BCUT2D eigenvalue weighted by atomic mass is 9.90. The Labute approximate surface area is 79.6 Å². The Morgan fingerprint density at radius 1 is 1.46 bits per heavy atom. The fourth-order valence-electron chi connectivity index (χ4n) is 1.58. The molecule has 3 nitrogen and oxygen atoms in total. The largest absolute Gasteiger partial charge is 0.273 e. The van der Waals surface area contributed by atoms with Crippen LogP contribution >= 0.6 is 0 Å². The fraction of sp³-hybridized carbons (Fsp3) is 0.800. The average molecular weight is 182 g/mol. The number of nitrogens with zero attached hydrogens (tertiary/aromatic N) is 1. The zero-order valence-corrected chi connectivity index (χ0v) is 8.25. The van der Waals surface area contributed by atoms with Crippen LogP contribution in [0.15, 0.2) is 5.10 Å². The van der Waals surface area contributed by atoms with Gasteiger partial charge in [0.1, 0.15) is 0 Å². The Balaban J connectivity index is 2.18. The second-order valence-corrected chi connectivity index (χ2v) is 3.56. The molecule has 74 valence electrons. The zero-order chi connectivity index (χ0) is 9.52. The van der Waals surface area contributed by atoms with Crippen molar-refractivity contribution in [1.82, 2.24) is 5.43 Å². The summed E-state index contributed by atoms with van der Waals surface area (Å²) in [5.41, 5.74) is 2.51. The van der Waals surface area contributed by atoms with E-state index >= 15 is 0 Å². The third kappa shape index (κ3) is 4.06. The second-order valence-electron chi connectivity index (χ2n) is 3.56. The second kappa shape index (κ2) is 5.73. The Hall–Kier alpha value is -0.860. The molecule has 1 rings (SSSR count). The Morgan fingerprint density at radius 2 is 2.15 bits per heavy atom. The summed E-state index contributed by atoms with van der Waals surface area (Å²) in [7, 11) is 0. The molecule has 0 aromatic rings. The minimum atomic E-state index is -0.00735. The van der Waals surface area contributed by atoms with Gasteiger partial charge in [0.05, 0.1) is 0 Å². The van der Waals surface area contributed by atoms with Crippen LogP contribution in [0.2, 0.25) is 0 Å². The van der Waals surface area contributed by atoms with Crippen LogP contribution in [0.1, 0.15) is 45.4 Å². The summed E-state index contributed by atoms with van der Waals surface area (Å²) in [6, 6.07) is 0. The van der Waals surface area contributed by atoms with Crippen molar-refractivity contribution in [3.63, 3.8) is 0 Å². The predicted octanol–water partition coefficient (Wildman–Crippen LogP) is 2.08. The highest BCUT2D eigenvalue weighted by atomic mass is 16.2. The lowest BCUT2D eigenvalue weighted by molar-refractivity contribution is -0.120. The molecular weight excluding hydrogens is 164 g/mol. The molecule has 1 amide bonds. The van der Waals surface area contributed by atoms with Crippen molar-refractivity contribution in [2.24, 2.45) is 11.0 Å².